The SMILES string of the molecule is CC1CCCC(c2cncn2CC2(C)CCOCC2)N1. The monoisotopic (exact) mass is 277 g/mol. The Bertz CT molecular complexity index is 437. The van der Waals surface area contributed by atoms with Crippen LogP contribution in [0.15, 0.2) is 12.5 Å². The van der Waals surface area contributed by atoms with Crippen molar-refractivity contribution in [1.29, 1.82) is 0 Å². The molecular formula is C16H27N3O. The quantitative estimate of drug-likeness (QED) is 0.923. The van der Waals surface area contributed by atoms with Gasteiger partial charge in [-0.25, -0.2) is 4.98 Å². The predicted molar refractivity (Wildman–Crippen MR) is 79.6 cm³/mol. The molecule has 2 aliphatic rings. The van der Waals surface area contributed by atoms with Crippen LogP contribution < -0.4 is 5.32 Å². The number of hydrogen-bond donors (Lipinski definition) is 1. The predicted octanol–water partition coefficient (Wildman–Crippen LogP) is 2.90. The van der Waals surface area contributed by atoms with Gasteiger partial charge < -0.3 is 14.6 Å². The van der Waals surface area contributed by atoms with Gasteiger partial charge in [0, 0.05) is 38.0 Å². The van der Waals surface area contributed by atoms with Crippen LogP contribution in [0.1, 0.15) is 57.7 Å². The highest BCUT2D eigenvalue weighted by Gasteiger charge is 2.30. The average Bonchev–Trinajstić information content (AvgIpc) is 2.87. The van der Waals surface area contributed by atoms with Gasteiger partial charge in [0.1, 0.15) is 0 Å². The van der Waals surface area contributed by atoms with E-state index in [4.69, 9.17) is 4.74 Å². The van der Waals surface area contributed by atoms with E-state index in [0.29, 0.717) is 17.5 Å². The van der Waals surface area contributed by atoms with Crippen LogP contribution in [-0.4, -0.2) is 28.8 Å². The van der Waals surface area contributed by atoms with Gasteiger partial charge in [-0.2, -0.15) is 0 Å². The summed E-state index contributed by atoms with van der Waals surface area (Å²) in [7, 11) is 0. The normalized spacial score (nSPS) is 30.3. The Labute approximate surface area is 121 Å². The molecule has 1 N–H and O–H groups in total. The van der Waals surface area contributed by atoms with Crippen molar-refractivity contribution in [2.24, 2.45) is 5.41 Å². The number of piperidine rings is 1. The van der Waals surface area contributed by atoms with E-state index in [1.54, 1.807) is 0 Å². The Morgan fingerprint density at radius 2 is 2.20 bits per heavy atom. The number of rotatable bonds is 3. The van der Waals surface area contributed by atoms with Gasteiger partial charge in [-0.05, 0) is 44.4 Å². The molecule has 2 saturated heterocycles. The molecule has 0 amide bonds. The third-order valence-electron chi connectivity index (χ3n) is 4.97. The van der Waals surface area contributed by atoms with Crippen molar-refractivity contribution in [3.63, 3.8) is 0 Å². The zero-order valence-corrected chi connectivity index (χ0v) is 12.8. The van der Waals surface area contributed by atoms with Crippen molar-refractivity contribution >= 4 is 0 Å². The summed E-state index contributed by atoms with van der Waals surface area (Å²) in [4.78, 5) is 4.41. The molecule has 20 heavy (non-hydrogen) atoms. The largest absolute Gasteiger partial charge is 0.381 e. The Balaban J connectivity index is 1.72. The number of imidazole rings is 1. The van der Waals surface area contributed by atoms with Crippen molar-refractivity contribution in [1.82, 2.24) is 14.9 Å². The van der Waals surface area contributed by atoms with Gasteiger partial charge >= 0.3 is 0 Å². The van der Waals surface area contributed by atoms with Crippen LogP contribution >= 0.6 is 0 Å². The second kappa shape index (κ2) is 5.86. The molecule has 4 heteroatoms. The highest BCUT2D eigenvalue weighted by atomic mass is 16.5. The lowest BCUT2D eigenvalue weighted by molar-refractivity contribution is 0.0149. The first-order valence-corrected chi connectivity index (χ1v) is 8.00. The van der Waals surface area contributed by atoms with Gasteiger partial charge in [0.15, 0.2) is 0 Å². The van der Waals surface area contributed by atoms with E-state index in [0.717, 1.165) is 32.6 Å². The first kappa shape index (κ1) is 14.1. The summed E-state index contributed by atoms with van der Waals surface area (Å²) in [5.41, 5.74) is 1.72. The summed E-state index contributed by atoms with van der Waals surface area (Å²) < 4.78 is 7.88. The number of aromatic nitrogens is 2. The molecule has 3 rings (SSSR count). The molecule has 0 radical (unpaired) electrons. The second-order valence-electron chi connectivity index (χ2n) is 6.92. The molecule has 0 saturated carbocycles. The van der Waals surface area contributed by atoms with Crippen LogP contribution in [0.2, 0.25) is 0 Å². The molecule has 0 bridgehead atoms. The topological polar surface area (TPSA) is 39.1 Å². The van der Waals surface area contributed by atoms with Crippen LogP contribution in [0.5, 0.6) is 0 Å². The first-order chi connectivity index (χ1) is 9.66. The van der Waals surface area contributed by atoms with Crippen molar-refractivity contribution < 1.29 is 4.74 Å². The standard InChI is InChI=1S/C16H27N3O/c1-13-4-3-5-14(18-13)15-10-17-12-19(15)11-16(2)6-8-20-9-7-16/h10,12-14,18H,3-9,11H2,1-2H3. The van der Waals surface area contributed by atoms with Crippen LogP contribution in [0.3, 0.4) is 0 Å². The lowest BCUT2D eigenvalue weighted by Crippen LogP contribution is -2.37. The molecule has 1 aromatic heterocycles. The van der Waals surface area contributed by atoms with E-state index in [1.807, 2.05) is 6.33 Å². The maximum atomic E-state index is 5.51. The summed E-state index contributed by atoms with van der Waals surface area (Å²) in [5, 5.41) is 3.72. The summed E-state index contributed by atoms with van der Waals surface area (Å²) >= 11 is 0. The van der Waals surface area contributed by atoms with Gasteiger partial charge in [-0.15, -0.1) is 0 Å². The molecule has 4 nitrogen and oxygen atoms in total. The molecule has 3 heterocycles. The maximum Gasteiger partial charge on any atom is 0.0948 e. The molecule has 1 aromatic rings. The summed E-state index contributed by atoms with van der Waals surface area (Å²) in [5.74, 6) is 0. The maximum absolute atomic E-state index is 5.51. The highest BCUT2D eigenvalue weighted by Crippen LogP contribution is 2.33. The average molecular weight is 277 g/mol. The van der Waals surface area contributed by atoms with Crippen LogP contribution in [0.25, 0.3) is 0 Å². The second-order valence-corrected chi connectivity index (χ2v) is 6.92. The number of nitrogens with zero attached hydrogens (tertiary/aromatic N) is 2. The fourth-order valence-corrected chi connectivity index (χ4v) is 3.56. The minimum atomic E-state index is 0.355. The highest BCUT2D eigenvalue weighted by molar-refractivity contribution is 5.08. The van der Waals surface area contributed by atoms with Crippen molar-refractivity contribution in [3.8, 4) is 0 Å². The van der Waals surface area contributed by atoms with Crippen molar-refractivity contribution in [3.05, 3.63) is 18.2 Å². The van der Waals surface area contributed by atoms with Crippen molar-refractivity contribution in [2.75, 3.05) is 13.2 Å². The number of hydrogen-bond acceptors (Lipinski definition) is 3. The van der Waals surface area contributed by atoms with E-state index < -0.39 is 0 Å². The molecule has 112 valence electrons. The molecule has 2 unspecified atom stereocenters. The van der Waals surface area contributed by atoms with Gasteiger partial charge in [0.05, 0.1) is 12.0 Å². The number of nitrogens with one attached hydrogen (secondary N) is 1. The Kier molecular flexibility index (Phi) is 4.13. The zero-order valence-electron chi connectivity index (χ0n) is 12.8. The lowest BCUT2D eigenvalue weighted by Gasteiger charge is -2.35. The third kappa shape index (κ3) is 3.07. The van der Waals surface area contributed by atoms with Gasteiger partial charge in [-0.1, -0.05) is 6.92 Å². The van der Waals surface area contributed by atoms with E-state index >= 15 is 0 Å². The zero-order chi connectivity index (χ0) is 14.0. The molecular weight excluding hydrogens is 250 g/mol. The Morgan fingerprint density at radius 1 is 1.40 bits per heavy atom. The molecule has 2 fully saturated rings. The third-order valence-corrected chi connectivity index (χ3v) is 4.97. The molecule has 0 aromatic carbocycles. The minimum absolute atomic E-state index is 0.355. The van der Waals surface area contributed by atoms with Gasteiger partial charge in [0.2, 0.25) is 0 Å². The Morgan fingerprint density at radius 3 is 2.95 bits per heavy atom. The van der Waals surface area contributed by atoms with Gasteiger partial charge in [0.25, 0.3) is 0 Å². The summed E-state index contributed by atoms with van der Waals surface area (Å²) in [6.45, 7) is 7.54. The fourth-order valence-electron chi connectivity index (χ4n) is 3.56. The van der Waals surface area contributed by atoms with Crippen LogP contribution in [0.4, 0.5) is 0 Å². The van der Waals surface area contributed by atoms with Gasteiger partial charge in [-0.3, -0.25) is 0 Å². The fraction of sp³-hybridized carbons (Fsp3) is 0.812. The van der Waals surface area contributed by atoms with Crippen LogP contribution in [-0.2, 0) is 11.3 Å². The van der Waals surface area contributed by atoms with Crippen LogP contribution in [0, 0.1) is 5.41 Å². The van der Waals surface area contributed by atoms with Crippen molar-refractivity contribution in [2.45, 2.75) is 64.6 Å². The summed E-state index contributed by atoms with van der Waals surface area (Å²) in [6.07, 6.45) is 10.2. The first-order valence-electron chi connectivity index (χ1n) is 8.00. The molecule has 0 spiro atoms. The molecule has 0 aliphatic carbocycles. The number of ether oxygens (including phenoxy) is 1. The van der Waals surface area contributed by atoms with E-state index in [1.165, 1.54) is 25.0 Å². The van der Waals surface area contributed by atoms with E-state index in [9.17, 15) is 0 Å². The van der Waals surface area contributed by atoms with E-state index in [2.05, 4.69) is 34.9 Å². The molecule has 2 atom stereocenters. The lowest BCUT2D eigenvalue weighted by atomic mass is 9.82. The molecule has 2 aliphatic heterocycles. The minimum Gasteiger partial charge on any atom is -0.381 e. The summed E-state index contributed by atoms with van der Waals surface area (Å²) in [6, 6.07) is 1.10. The van der Waals surface area contributed by atoms with E-state index in [-0.39, 0.29) is 0 Å². The smallest absolute Gasteiger partial charge is 0.0948 e. The Hall–Kier alpha value is -0.870.